The van der Waals surface area contributed by atoms with Crippen LogP contribution in [-0.2, 0) is 14.3 Å². The Morgan fingerprint density at radius 3 is 2.55 bits per heavy atom. The van der Waals surface area contributed by atoms with Crippen LogP contribution in [0.1, 0.15) is 32.6 Å². The summed E-state index contributed by atoms with van der Waals surface area (Å²) in [6.45, 7) is 6.17. The second-order valence-corrected chi connectivity index (χ2v) is 5.42. The SMILES string of the molecule is COc1ccc(C2OC[C@H](C)[C@H]([C@@H](C)C(C)=O)O2)cc1. The first-order chi connectivity index (χ1) is 9.52. The summed E-state index contributed by atoms with van der Waals surface area (Å²) >= 11 is 0. The maximum atomic E-state index is 11.6. The number of carbonyl (C=O) groups is 1. The molecular weight excluding hydrogens is 256 g/mol. The number of rotatable bonds is 4. The lowest BCUT2D eigenvalue weighted by atomic mass is 9.90. The fourth-order valence-corrected chi connectivity index (χ4v) is 2.43. The Hall–Kier alpha value is -1.39. The van der Waals surface area contributed by atoms with E-state index in [2.05, 4.69) is 0 Å². The molecule has 0 radical (unpaired) electrons. The van der Waals surface area contributed by atoms with Crippen molar-refractivity contribution in [3.05, 3.63) is 29.8 Å². The predicted molar refractivity (Wildman–Crippen MR) is 75.6 cm³/mol. The zero-order valence-electron chi connectivity index (χ0n) is 12.5. The van der Waals surface area contributed by atoms with Crippen LogP contribution >= 0.6 is 0 Å². The lowest BCUT2D eigenvalue weighted by Crippen LogP contribution is -2.41. The summed E-state index contributed by atoms with van der Waals surface area (Å²) in [5.74, 6) is 1.04. The second-order valence-electron chi connectivity index (χ2n) is 5.42. The fourth-order valence-electron chi connectivity index (χ4n) is 2.43. The van der Waals surface area contributed by atoms with Gasteiger partial charge < -0.3 is 14.2 Å². The van der Waals surface area contributed by atoms with Crippen molar-refractivity contribution in [2.24, 2.45) is 11.8 Å². The molecular formula is C16H22O4. The molecule has 1 aliphatic heterocycles. The molecule has 110 valence electrons. The molecule has 4 atom stereocenters. The molecule has 1 aromatic rings. The van der Waals surface area contributed by atoms with Gasteiger partial charge in [-0.05, 0) is 19.1 Å². The Kier molecular flexibility index (Phi) is 4.78. The summed E-state index contributed by atoms with van der Waals surface area (Å²) in [6, 6.07) is 7.61. The number of methoxy groups -OCH3 is 1. The lowest BCUT2D eigenvalue weighted by molar-refractivity contribution is -0.247. The van der Waals surface area contributed by atoms with Crippen molar-refractivity contribution in [2.45, 2.75) is 33.2 Å². The summed E-state index contributed by atoms with van der Waals surface area (Å²) in [5, 5.41) is 0. The van der Waals surface area contributed by atoms with E-state index in [4.69, 9.17) is 14.2 Å². The summed E-state index contributed by atoms with van der Waals surface area (Å²) in [6.07, 6.45) is -0.516. The van der Waals surface area contributed by atoms with Crippen molar-refractivity contribution in [2.75, 3.05) is 13.7 Å². The smallest absolute Gasteiger partial charge is 0.184 e. The highest BCUT2D eigenvalue weighted by molar-refractivity contribution is 5.78. The van der Waals surface area contributed by atoms with Gasteiger partial charge in [-0.15, -0.1) is 0 Å². The van der Waals surface area contributed by atoms with Crippen LogP contribution in [0.5, 0.6) is 5.75 Å². The van der Waals surface area contributed by atoms with Crippen molar-refractivity contribution in [3.63, 3.8) is 0 Å². The maximum Gasteiger partial charge on any atom is 0.184 e. The maximum absolute atomic E-state index is 11.6. The summed E-state index contributed by atoms with van der Waals surface area (Å²) < 4.78 is 16.9. The van der Waals surface area contributed by atoms with Gasteiger partial charge in [-0.2, -0.15) is 0 Å². The molecule has 0 aliphatic carbocycles. The minimum absolute atomic E-state index is 0.103. The molecule has 1 aromatic carbocycles. The van der Waals surface area contributed by atoms with Gasteiger partial charge in [0.25, 0.3) is 0 Å². The van der Waals surface area contributed by atoms with E-state index >= 15 is 0 Å². The van der Waals surface area contributed by atoms with Gasteiger partial charge in [0.15, 0.2) is 6.29 Å². The first kappa shape index (κ1) is 15.0. The topological polar surface area (TPSA) is 44.8 Å². The quantitative estimate of drug-likeness (QED) is 0.849. The summed E-state index contributed by atoms with van der Waals surface area (Å²) in [7, 11) is 1.63. The van der Waals surface area contributed by atoms with Crippen molar-refractivity contribution < 1.29 is 19.0 Å². The van der Waals surface area contributed by atoms with Crippen LogP contribution in [0.4, 0.5) is 0 Å². The third kappa shape index (κ3) is 3.19. The van der Waals surface area contributed by atoms with E-state index in [1.807, 2.05) is 38.1 Å². The normalized spacial score (nSPS) is 27.9. The minimum atomic E-state index is -0.413. The lowest BCUT2D eigenvalue weighted by Gasteiger charge is -2.37. The van der Waals surface area contributed by atoms with Gasteiger partial charge >= 0.3 is 0 Å². The second kappa shape index (κ2) is 6.37. The van der Waals surface area contributed by atoms with Gasteiger partial charge in [0.1, 0.15) is 11.5 Å². The first-order valence-electron chi connectivity index (χ1n) is 6.94. The van der Waals surface area contributed by atoms with Crippen LogP contribution in [0.3, 0.4) is 0 Å². The highest BCUT2D eigenvalue weighted by Crippen LogP contribution is 2.33. The molecule has 0 spiro atoms. The number of Topliss-reactive ketones (excluding diaryl/α,β-unsaturated/α-hetero) is 1. The molecule has 1 heterocycles. The van der Waals surface area contributed by atoms with Gasteiger partial charge in [-0.1, -0.05) is 26.0 Å². The molecule has 0 bridgehead atoms. The third-order valence-electron chi connectivity index (χ3n) is 3.87. The monoisotopic (exact) mass is 278 g/mol. The average Bonchev–Trinajstić information content (AvgIpc) is 2.47. The molecule has 4 heteroatoms. The highest BCUT2D eigenvalue weighted by Gasteiger charge is 2.35. The molecule has 1 fully saturated rings. The molecule has 0 amide bonds. The molecule has 0 saturated carbocycles. The highest BCUT2D eigenvalue weighted by atomic mass is 16.7. The largest absolute Gasteiger partial charge is 0.497 e. The molecule has 2 rings (SSSR count). The fraction of sp³-hybridized carbons (Fsp3) is 0.562. The van der Waals surface area contributed by atoms with E-state index in [1.54, 1.807) is 14.0 Å². The van der Waals surface area contributed by atoms with E-state index in [0.717, 1.165) is 11.3 Å². The van der Waals surface area contributed by atoms with Crippen LogP contribution in [0, 0.1) is 11.8 Å². The molecule has 0 N–H and O–H groups in total. The van der Waals surface area contributed by atoms with E-state index in [1.165, 1.54) is 0 Å². The molecule has 0 aromatic heterocycles. The standard InChI is InChI=1S/C16H22O4/c1-10-9-19-16(20-15(10)11(2)12(3)17)13-5-7-14(18-4)8-6-13/h5-8,10-11,15-16H,9H2,1-4H3/t10-,11-,15+,16?/m0/s1. The molecule has 1 aliphatic rings. The zero-order valence-corrected chi connectivity index (χ0v) is 12.5. The van der Waals surface area contributed by atoms with Gasteiger partial charge in [0.2, 0.25) is 0 Å². The van der Waals surface area contributed by atoms with E-state index in [0.29, 0.717) is 6.61 Å². The minimum Gasteiger partial charge on any atom is -0.497 e. The van der Waals surface area contributed by atoms with E-state index in [-0.39, 0.29) is 23.7 Å². The Labute approximate surface area is 120 Å². The predicted octanol–water partition coefficient (Wildman–Crippen LogP) is 2.97. The van der Waals surface area contributed by atoms with E-state index in [9.17, 15) is 4.79 Å². The average molecular weight is 278 g/mol. The Morgan fingerprint density at radius 2 is 2.00 bits per heavy atom. The van der Waals surface area contributed by atoms with Crippen molar-refractivity contribution in [3.8, 4) is 5.75 Å². The summed E-state index contributed by atoms with van der Waals surface area (Å²) in [4.78, 5) is 11.6. The van der Waals surface area contributed by atoms with Gasteiger partial charge in [-0.25, -0.2) is 0 Å². The number of benzene rings is 1. The van der Waals surface area contributed by atoms with Crippen LogP contribution in [0.2, 0.25) is 0 Å². The van der Waals surface area contributed by atoms with Crippen molar-refractivity contribution >= 4 is 5.78 Å². The number of hydrogen-bond acceptors (Lipinski definition) is 4. The zero-order chi connectivity index (χ0) is 14.7. The van der Waals surface area contributed by atoms with Crippen molar-refractivity contribution in [1.82, 2.24) is 0 Å². The molecule has 20 heavy (non-hydrogen) atoms. The Morgan fingerprint density at radius 1 is 1.35 bits per heavy atom. The number of ether oxygens (including phenoxy) is 3. The van der Waals surface area contributed by atoms with E-state index < -0.39 is 6.29 Å². The molecule has 1 saturated heterocycles. The third-order valence-corrected chi connectivity index (χ3v) is 3.87. The number of carbonyl (C=O) groups excluding carboxylic acids is 1. The van der Waals surface area contributed by atoms with Crippen LogP contribution < -0.4 is 4.74 Å². The van der Waals surface area contributed by atoms with Gasteiger partial charge in [0, 0.05) is 17.4 Å². The molecule has 4 nitrogen and oxygen atoms in total. The van der Waals surface area contributed by atoms with Crippen LogP contribution in [-0.4, -0.2) is 25.6 Å². The summed E-state index contributed by atoms with van der Waals surface area (Å²) in [5.41, 5.74) is 0.943. The Balaban J connectivity index is 2.11. The van der Waals surface area contributed by atoms with Gasteiger partial charge in [0.05, 0.1) is 19.8 Å². The van der Waals surface area contributed by atoms with Crippen molar-refractivity contribution in [1.29, 1.82) is 0 Å². The number of ketones is 1. The van der Waals surface area contributed by atoms with Crippen LogP contribution in [0.15, 0.2) is 24.3 Å². The van der Waals surface area contributed by atoms with Gasteiger partial charge in [-0.3, -0.25) is 4.79 Å². The first-order valence-corrected chi connectivity index (χ1v) is 6.94. The van der Waals surface area contributed by atoms with Crippen LogP contribution in [0.25, 0.3) is 0 Å². The Bertz CT molecular complexity index is 454. The number of hydrogen-bond donors (Lipinski definition) is 0. The molecule has 1 unspecified atom stereocenters.